The van der Waals surface area contributed by atoms with E-state index in [1.807, 2.05) is 109 Å². The first-order chi connectivity index (χ1) is 16.7. The summed E-state index contributed by atoms with van der Waals surface area (Å²) in [5.41, 5.74) is 1.92. The number of benzene rings is 4. The van der Waals surface area contributed by atoms with E-state index in [1.165, 1.54) is 0 Å². The predicted octanol–water partition coefficient (Wildman–Crippen LogP) is 5.39. The maximum atomic E-state index is 11.7. The first-order valence-corrected chi connectivity index (χ1v) is 10.8. The summed E-state index contributed by atoms with van der Waals surface area (Å²) in [6.45, 7) is 0. The fraction of sp³-hybridized carbons (Fsp3) is 0.0625. The van der Waals surface area contributed by atoms with Crippen molar-refractivity contribution in [2.75, 3.05) is 7.11 Å². The molecule has 0 atom stereocenters. The summed E-state index contributed by atoms with van der Waals surface area (Å²) in [7, 11) is 1.63. The van der Waals surface area contributed by atoms with Gasteiger partial charge in [-0.2, -0.15) is 0 Å². The molecular formula is C32H22O2. The smallest absolute Gasteiger partial charge is 0.215 e. The molecule has 0 aliphatic carbocycles. The van der Waals surface area contributed by atoms with Crippen LogP contribution in [-0.4, -0.2) is 12.2 Å². The first-order valence-electron chi connectivity index (χ1n) is 10.8. The molecule has 34 heavy (non-hydrogen) atoms. The third-order valence-corrected chi connectivity index (χ3v) is 5.07. The number of aliphatic hydroxyl groups is 1. The molecule has 0 aromatic heterocycles. The standard InChI is InChI=1S/C32H22O2/c1-34-30-20-17-28(18-21-30)16-19-29-14-8-9-15-31(29)32(33,24-22-26-10-4-2-5-11-26)25-23-27-12-6-3-7-13-27/h2-15,17-18,20-21,33H,1H3. The highest BCUT2D eigenvalue weighted by Crippen LogP contribution is 2.24. The first kappa shape index (κ1) is 22.5. The van der Waals surface area contributed by atoms with Crippen molar-refractivity contribution in [3.63, 3.8) is 0 Å². The lowest BCUT2D eigenvalue weighted by molar-refractivity contribution is 0.164. The molecule has 0 saturated heterocycles. The van der Waals surface area contributed by atoms with Crippen LogP contribution in [0.3, 0.4) is 0 Å². The van der Waals surface area contributed by atoms with E-state index in [4.69, 9.17) is 4.74 Å². The molecule has 0 unspecified atom stereocenters. The Morgan fingerprint density at radius 1 is 0.559 bits per heavy atom. The van der Waals surface area contributed by atoms with E-state index in [2.05, 4.69) is 35.5 Å². The van der Waals surface area contributed by atoms with E-state index in [0.717, 1.165) is 22.4 Å². The maximum absolute atomic E-state index is 11.7. The van der Waals surface area contributed by atoms with Crippen LogP contribution in [0.1, 0.15) is 27.8 Å². The molecule has 0 aliphatic heterocycles. The topological polar surface area (TPSA) is 29.5 Å². The Bertz CT molecular complexity index is 1380. The van der Waals surface area contributed by atoms with Crippen molar-refractivity contribution in [2.45, 2.75) is 5.60 Å². The fourth-order valence-corrected chi connectivity index (χ4v) is 3.26. The summed E-state index contributed by atoms with van der Waals surface area (Å²) in [5, 5.41) is 11.7. The van der Waals surface area contributed by atoms with Gasteiger partial charge < -0.3 is 9.84 Å². The minimum absolute atomic E-state index is 0.544. The Morgan fingerprint density at radius 3 is 1.62 bits per heavy atom. The quantitative estimate of drug-likeness (QED) is 0.426. The number of rotatable bonds is 2. The molecule has 0 fully saturated rings. The van der Waals surface area contributed by atoms with Crippen molar-refractivity contribution in [3.8, 4) is 41.3 Å². The molecule has 0 heterocycles. The Kier molecular flexibility index (Phi) is 7.12. The van der Waals surface area contributed by atoms with Crippen LogP contribution in [0, 0.1) is 35.5 Å². The van der Waals surface area contributed by atoms with Crippen molar-refractivity contribution in [1.29, 1.82) is 0 Å². The summed E-state index contributed by atoms with van der Waals surface area (Å²) in [5.74, 6) is 19.3. The monoisotopic (exact) mass is 438 g/mol. The Balaban J connectivity index is 1.79. The van der Waals surface area contributed by atoms with E-state index < -0.39 is 5.60 Å². The maximum Gasteiger partial charge on any atom is 0.215 e. The molecule has 162 valence electrons. The zero-order chi connectivity index (χ0) is 23.6. The number of methoxy groups -OCH3 is 1. The van der Waals surface area contributed by atoms with E-state index in [9.17, 15) is 5.11 Å². The van der Waals surface area contributed by atoms with E-state index in [1.54, 1.807) is 7.11 Å². The molecule has 0 aliphatic rings. The molecule has 0 bridgehead atoms. The summed E-state index contributed by atoms with van der Waals surface area (Å²) >= 11 is 0. The van der Waals surface area contributed by atoms with Crippen LogP contribution >= 0.6 is 0 Å². The summed E-state index contributed by atoms with van der Waals surface area (Å²) in [6, 6.07) is 34.0. The fourth-order valence-electron chi connectivity index (χ4n) is 3.26. The van der Waals surface area contributed by atoms with Gasteiger partial charge in [-0.25, -0.2) is 0 Å². The van der Waals surface area contributed by atoms with Crippen LogP contribution in [-0.2, 0) is 5.60 Å². The minimum atomic E-state index is -1.71. The van der Waals surface area contributed by atoms with Gasteiger partial charge in [0.05, 0.1) is 7.11 Å². The summed E-state index contributed by atoms with van der Waals surface area (Å²) in [6.07, 6.45) is 0. The van der Waals surface area contributed by atoms with Gasteiger partial charge in [-0.1, -0.05) is 78.3 Å². The molecule has 4 aromatic carbocycles. The highest BCUT2D eigenvalue weighted by atomic mass is 16.5. The number of hydrogen-bond acceptors (Lipinski definition) is 2. The molecule has 1 N–H and O–H groups in total. The van der Waals surface area contributed by atoms with Gasteiger partial charge in [-0.15, -0.1) is 0 Å². The van der Waals surface area contributed by atoms with Crippen LogP contribution in [0.25, 0.3) is 0 Å². The number of ether oxygens (including phenoxy) is 1. The van der Waals surface area contributed by atoms with Gasteiger partial charge in [0.2, 0.25) is 5.60 Å². The summed E-state index contributed by atoms with van der Waals surface area (Å²) in [4.78, 5) is 0. The van der Waals surface area contributed by atoms with E-state index in [-0.39, 0.29) is 0 Å². The predicted molar refractivity (Wildman–Crippen MR) is 136 cm³/mol. The lowest BCUT2D eigenvalue weighted by Crippen LogP contribution is -2.23. The van der Waals surface area contributed by atoms with Crippen LogP contribution in [0.2, 0.25) is 0 Å². The molecule has 2 heteroatoms. The Labute approximate surface area is 200 Å². The lowest BCUT2D eigenvalue weighted by Gasteiger charge is -2.18. The van der Waals surface area contributed by atoms with Crippen molar-refractivity contribution in [1.82, 2.24) is 0 Å². The summed E-state index contributed by atoms with van der Waals surface area (Å²) < 4.78 is 5.21. The van der Waals surface area contributed by atoms with Crippen molar-refractivity contribution < 1.29 is 9.84 Å². The van der Waals surface area contributed by atoms with Gasteiger partial charge in [-0.05, 0) is 66.4 Å². The zero-order valence-electron chi connectivity index (χ0n) is 18.7. The normalized spacial score (nSPS) is 9.94. The van der Waals surface area contributed by atoms with Gasteiger partial charge in [-0.3, -0.25) is 0 Å². The Morgan fingerprint density at radius 2 is 1.06 bits per heavy atom. The van der Waals surface area contributed by atoms with E-state index >= 15 is 0 Å². The average Bonchev–Trinajstić information content (AvgIpc) is 2.91. The third kappa shape index (κ3) is 5.76. The van der Waals surface area contributed by atoms with Crippen molar-refractivity contribution in [3.05, 3.63) is 137 Å². The van der Waals surface area contributed by atoms with Crippen molar-refractivity contribution in [2.24, 2.45) is 0 Å². The number of hydrogen-bond donors (Lipinski definition) is 1. The second kappa shape index (κ2) is 10.8. The SMILES string of the molecule is COc1ccc(C#Cc2ccccc2C(O)(C#Cc2ccccc2)C#Cc2ccccc2)cc1. The molecule has 0 amide bonds. The lowest BCUT2D eigenvalue weighted by atomic mass is 9.90. The van der Waals surface area contributed by atoms with Crippen molar-refractivity contribution >= 4 is 0 Å². The molecule has 0 radical (unpaired) electrons. The van der Waals surface area contributed by atoms with Crippen LogP contribution in [0.5, 0.6) is 5.75 Å². The van der Waals surface area contributed by atoms with Gasteiger partial charge in [0.25, 0.3) is 0 Å². The third-order valence-electron chi connectivity index (χ3n) is 5.07. The minimum Gasteiger partial charge on any atom is -0.497 e. The molecule has 0 spiro atoms. The van der Waals surface area contributed by atoms with Gasteiger partial charge in [0.1, 0.15) is 5.75 Å². The highest BCUT2D eigenvalue weighted by molar-refractivity contribution is 5.56. The van der Waals surface area contributed by atoms with Gasteiger partial charge in [0, 0.05) is 27.8 Å². The van der Waals surface area contributed by atoms with Crippen LogP contribution < -0.4 is 4.74 Å². The largest absolute Gasteiger partial charge is 0.497 e. The molecule has 4 rings (SSSR count). The molecular weight excluding hydrogens is 416 g/mol. The molecule has 0 saturated carbocycles. The average molecular weight is 439 g/mol. The Hall–Kier alpha value is -4.68. The van der Waals surface area contributed by atoms with E-state index in [0.29, 0.717) is 11.1 Å². The molecule has 4 aromatic rings. The molecule has 2 nitrogen and oxygen atoms in total. The highest BCUT2D eigenvalue weighted by Gasteiger charge is 2.27. The zero-order valence-corrected chi connectivity index (χ0v) is 18.7. The van der Waals surface area contributed by atoms with Crippen LogP contribution in [0.4, 0.5) is 0 Å². The van der Waals surface area contributed by atoms with Crippen LogP contribution in [0.15, 0.2) is 109 Å². The van der Waals surface area contributed by atoms with Gasteiger partial charge >= 0.3 is 0 Å². The second-order valence-corrected chi connectivity index (χ2v) is 7.47. The van der Waals surface area contributed by atoms with Gasteiger partial charge in [0.15, 0.2) is 0 Å². The second-order valence-electron chi connectivity index (χ2n) is 7.47.